The highest BCUT2D eigenvalue weighted by molar-refractivity contribution is 5.78. The van der Waals surface area contributed by atoms with Crippen LogP contribution in [0.25, 0.3) is 0 Å². The van der Waals surface area contributed by atoms with E-state index in [0.29, 0.717) is 31.6 Å². The van der Waals surface area contributed by atoms with Crippen LogP contribution in [0.15, 0.2) is 18.5 Å². The second kappa shape index (κ2) is 7.23. The number of amides is 1. The Morgan fingerprint density at radius 3 is 2.91 bits per heavy atom. The molecule has 2 heterocycles. The fraction of sp³-hybridized carbons (Fsp3) is 0.688. The van der Waals surface area contributed by atoms with Crippen LogP contribution in [0.4, 0.5) is 5.95 Å². The normalized spacial score (nSPS) is 27.1. The molecule has 7 heteroatoms. The van der Waals surface area contributed by atoms with Crippen LogP contribution < -0.4 is 5.32 Å². The summed E-state index contributed by atoms with van der Waals surface area (Å²) in [6, 6.07) is 2.01. The molecular formula is C16H25N5O2. The smallest absolute Gasteiger partial charge is 0.237 e. The fourth-order valence-corrected chi connectivity index (χ4v) is 3.56. The van der Waals surface area contributed by atoms with Gasteiger partial charge < -0.3 is 19.9 Å². The van der Waals surface area contributed by atoms with Crippen molar-refractivity contribution in [2.75, 3.05) is 45.7 Å². The van der Waals surface area contributed by atoms with Gasteiger partial charge in [0.05, 0.1) is 25.3 Å². The molecule has 23 heavy (non-hydrogen) atoms. The number of ether oxygens (including phenoxy) is 1. The average molecular weight is 319 g/mol. The van der Waals surface area contributed by atoms with Crippen molar-refractivity contribution < 1.29 is 9.53 Å². The van der Waals surface area contributed by atoms with Crippen LogP contribution in [0.3, 0.4) is 0 Å². The molecule has 1 aliphatic heterocycles. The second-order valence-electron chi connectivity index (χ2n) is 6.52. The van der Waals surface area contributed by atoms with Crippen molar-refractivity contribution in [3.8, 4) is 0 Å². The lowest BCUT2D eigenvalue weighted by Crippen LogP contribution is -2.54. The maximum absolute atomic E-state index is 12.4. The maximum Gasteiger partial charge on any atom is 0.237 e. The monoisotopic (exact) mass is 319 g/mol. The summed E-state index contributed by atoms with van der Waals surface area (Å²) in [5, 5.41) is 3.28. The van der Waals surface area contributed by atoms with Crippen LogP contribution in [-0.2, 0) is 9.53 Å². The summed E-state index contributed by atoms with van der Waals surface area (Å²) in [5.41, 5.74) is 0. The number of hydrogen-bond donors (Lipinski definition) is 1. The fourth-order valence-electron chi connectivity index (χ4n) is 3.56. The minimum Gasteiger partial charge on any atom is -0.374 e. The first-order valence-corrected chi connectivity index (χ1v) is 8.22. The summed E-state index contributed by atoms with van der Waals surface area (Å²) in [5.74, 6) is 1.24. The SMILES string of the molecule is CN(C)CC(=O)N1CCO[C@@H]2[C@@H](CNc3ncccn3)CC[C@@H]21. The molecule has 1 amide bonds. The minimum atomic E-state index is 0.117. The number of anilines is 1. The van der Waals surface area contributed by atoms with Crippen molar-refractivity contribution in [2.45, 2.75) is 25.0 Å². The van der Waals surface area contributed by atoms with E-state index in [9.17, 15) is 4.79 Å². The van der Waals surface area contributed by atoms with Gasteiger partial charge in [-0.15, -0.1) is 0 Å². The first-order chi connectivity index (χ1) is 11.1. The van der Waals surface area contributed by atoms with Crippen LogP contribution in [0.1, 0.15) is 12.8 Å². The quantitative estimate of drug-likeness (QED) is 0.850. The Hall–Kier alpha value is -1.73. The number of carbonyl (C=O) groups excluding carboxylic acids is 1. The van der Waals surface area contributed by atoms with E-state index in [1.807, 2.05) is 23.9 Å². The van der Waals surface area contributed by atoms with E-state index in [-0.39, 0.29) is 18.1 Å². The number of nitrogens with zero attached hydrogens (tertiary/aromatic N) is 4. The molecule has 2 aliphatic rings. The Morgan fingerprint density at radius 1 is 1.39 bits per heavy atom. The van der Waals surface area contributed by atoms with Gasteiger partial charge in [0.25, 0.3) is 0 Å². The molecule has 126 valence electrons. The van der Waals surface area contributed by atoms with Gasteiger partial charge in [0.15, 0.2) is 0 Å². The van der Waals surface area contributed by atoms with Gasteiger partial charge in [-0.2, -0.15) is 0 Å². The topological polar surface area (TPSA) is 70.6 Å². The van der Waals surface area contributed by atoms with Gasteiger partial charge in [0, 0.05) is 31.4 Å². The number of rotatable bonds is 5. The molecule has 0 unspecified atom stereocenters. The zero-order valence-corrected chi connectivity index (χ0v) is 13.8. The molecular weight excluding hydrogens is 294 g/mol. The summed E-state index contributed by atoms with van der Waals surface area (Å²) in [6.07, 6.45) is 5.63. The third-order valence-corrected chi connectivity index (χ3v) is 4.58. The van der Waals surface area contributed by atoms with Crippen molar-refractivity contribution in [1.29, 1.82) is 0 Å². The Kier molecular flexibility index (Phi) is 5.07. The first kappa shape index (κ1) is 16.1. The number of hydrogen-bond acceptors (Lipinski definition) is 6. The molecule has 0 aromatic carbocycles. The van der Waals surface area contributed by atoms with E-state index in [4.69, 9.17) is 4.74 Å². The van der Waals surface area contributed by atoms with E-state index >= 15 is 0 Å². The highest BCUT2D eigenvalue weighted by Gasteiger charge is 2.44. The molecule has 1 aromatic rings. The number of fused-ring (bicyclic) bond motifs is 1. The van der Waals surface area contributed by atoms with Crippen molar-refractivity contribution >= 4 is 11.9 Å². The van der Waals surface area contributed by atoms with Crippen molar-refractivity contribution in [3.63, 3.8) is 0 Å². The van der Waals surface area contributed by atoms with Crippen molar-refractivity contribution in [3.05, 3.63) is 18.5 Å². The Morgan fingerprint density at radius 2 is 2.17 bits per heavy atom. The van der Waals surface area contributed by atoms with E-state index in [2.05, 4.69) is 15.3 Å². The molecule has 0 bridgehead atoms. The Labute approximate surface area is 137 Å². The summed E-state index contributed by atoms with van der Waals surface area (Å²) >= 11 is 0. The van der Waals surface area contributed by atoms with Crippen LogP contribution in [0.5, 0.6) is 0 Å². The van der Waals surface area contributed by atoms with Gasteiger partial charge in [-0.1, -0.05) is 0 Å². The lowest BCUT2D eigenvalue weighted by Gasteiger charge is -2.39. The number of likely N-dealkylation sites (N-methyl/N-ethyl adjacent to an activating group) is 1. The van der Waals surface area contributed by atoms with Crippen LogP contribution in [0, 0.1) is 5.92 Å². The first-order valence-electron chi connectivity index (χ1n) is 8.22. The van der Waals surface area contributed by atoms with E-state index in [1.54, 1.807) is 18.5 Å². The molecule has 3 atom stereocenters. The van der Waals surface area contributed by atoms with E-state index in [0.717, 1.165) is 19.4 Å². The molecule has 0 radical (unpaired) electrons. The minimum absolute atomic E-state index is 0.117. The van der Waals surface area contributed by atoms with Gasteiger partial charge in [-0.3, -0.25) is 4.79 Å². The zero-order chi connectivity index (χ0) is 16.2. The lowest BCUT2D eigenvalue weighted by atomic mass is 10.0. The number of aromatic nitrogens is 2. The largest absolute Gasteiger partial charge is 0.374 e. The maximum atomic E-state index is 12.4. The van der Waals surface area contributed by atoms with Crippen molar-refractivity contribution in [1.82, 2.24) is 19.8 Å². The van der Waals surface area contributed by atoms with Crippen LogP contribution in [0.2, 0.25) is 0 Å². The molecule has 3 rings (SSSR count). The molecule has 0 spiro atoms. The number of carbonyl (C=O) groups is 1. The van der Waals surface area contributed by atoms with E-state index < -0.39 is 0 Å². The molecule has 7 nitrogen and oxygen atoms in total. The molecule has 1 saturated carbocycles. The third kappa shape index (κ3) is 3.79. The summed E-state index contributed by atoms with van der Waals surface area (Å²) in [4.78, 5) is 24.7. The van der Waals surface area contributed by atoms with Crippen LogP contribution in [-0.4, -0.2) is 78.2 Å². The van der Waals surface area contributed by atoms with Gasteiger partial charge in [-0.05, 0) is 33.0 Å². The van der Waals surface area contributed by atoms with Gasteiger partial charge >= 0.3 is 0 Å². The molecule has 1 aromatic heterocycles. The molecule has 1 saturated heterocycles. The van der Waals surface area contributed by atoms with Gasteiger partial charge in [0.1, 0.15) is 0 Å². The third-order valence-electron chi connectivity index (χ3n) is 4.58. The van der Waals surface area contributed by atoms with E-state index in [1.165, 1.54) is 0 Å². The second-order valence-corrected chi connectivity index (χ2v) is 6.52. The predicted molar refractivity (Wildman–Crippen MR) is 87.0 cm³/mol. The standard InChI is InChI=1S/C16H25N5O2/c1-20(2)11-14(22)21-8-9-23-15-12(4-5-13(15)21)10-19-16-17-6-3-7-18-16/h3,6-7,12-13,15H,4-5,8-11H2,1-2H3,(H,17,18,19)/t12-,13+,15-/m1/s1. The number of morpholine rings is 1. The average Bonchev–Trinajstić information content (AvgIpc) is 2.96. The highest BCUT2D eigenvalue weighted by Crippen LogP contribution is 2.34. The molecule has 2 fully saturated rings. The predicted octanol–water partition coefficient (Wildman–Crippen LogP) is 0.456. The summed E-state index contributed by atoms with van der Waals surface area (Å²) in [7, 11) is 3.86. The number of nitrogens with one attached hydrogen (secondary N) is 1. The van der Waals surface area contributed by atoms with Gasteiger partial charge in [0.2, 0.25) is 11.9 Å². The highest BCUT2D eigenvalue weighted by atomic mass is 16.5. The lowest BCUT2D eigenvalue weighted by molar-refractivity contribution is -0.146. The summed E-state index contributed by atoms with van der Waals surface area (Å²) < 4.78 is 6.00. The Balaban J connectivity index is 1.58. The molecule has 1 aliphatic carbocycles. The Bertz CT molecular complexity index is 524. The molecule has 1 N–H and O–H groups in total. The zero-order valence-electron chi connectivity index (χ0n) is 13.8. The summed E-state index contributed by atoms with van der Waals surface area (Å²) in [6.45, 7) is 2.57. The van der Waals surface area contributed by atoms with Crippen LogP contribution >= 0.6 is 0 Å². The van der Waals surface area contributed by atoms with Crippen molar-refractivity contribution in [2.24, 2.45) is 5.92 Å². The van der Waals surface area contributed by atoms with Gasteiger partial charge in [-0.25, -0.2) is 9.97 Å².